The van der Waals surface area contributed by atoms with Crippen molar-refractivity contribution in [1.29, 1.82) is 0 Å². The second-order valence-corrected chi connectivity index (χ2v) is 3.05. The molecular formula is C12H6BrF3Mg. The first-order chi connectivity index (χ1) is 7.18. The fourth-order valence-electron chi connectivity index (χ4n) is 1.30. The maximum Gasteiger partial charge on any atom is 2.00 e. The predicted molar refractivity (Wildman–Crippen MR) is 56.3 cm³/mol. The summed E-state index contributed by atoms with van der Waals surface area (Å²) in [6.45, 7) is 0. The standard InChI is InChI=1S/C12H6F3.BrH.Mg/c13-10-6-9(7-11(14)12(10)15)8-4-2-1-3-5-8;;/h1-2,4-7H;1H;/q-1;;+2/p-1. The molecule has 0 N–H and O–H groups in total. The van der Waals surface area contributed by atoms with Crippen molar-refractivity contribution in [1.82, 2.24) is 0 Å². The first kappa shape index (κ1) is 16.5. The van der Waals surface area contributed by atoms with Crippen molar-refractivity contribution in [2.75, 3.05) is 0 Å². The van der Waals surface area contributed by atoms with Crippen molar-refractivity contribution >= 4 is 23.1 Å². The summed E-state index contributed by atoms with van der Waals surface area (Å²) in [5, 5.41) is 0. The molecule has 0 radical (unpaired) electrons. The molecule has 84 valence electrons. The Morgan fingerprint density at radius 1 is 0.941 bits per heavy atom. The van der Waals surface area contributed by atoms with Crippen LogP contribution in [-0.2, 0) is 0 Å². The van der Waals surface area contributed by atoms with Crippen LogP contribution < -0.4 is 17.0 Å². The molecule has 0 bridgehead atoms. The zero-order chi connectivity index (χ0) is 10.8. The monoisotopic (exact) mass is 310 g/mol. The maximum atomic E-state index is 12.9. The molecule has 2 aromatic carbocycles. The molecule has 0 aromatic heterocycles. The van der Waals surface area contributed by atoms with Gasteiger partial charge in [-0.05, 0) is 12.1 Å². The van der Waals surface area contributed by atoms with E-state index in [9.17, 15) is 13.2 Å². The number of hydrogen-bond acceptors (Lipinski definition) is 0. The van der Waals surface area contributed by atoms with Gasteiger partial charge in [-0.3, -0.25) is 0 Å². The van der Waals surface area contributed by atoms with Gasteiger partial charge in [-0.1, -0.05) is 5.56 Å². The third-order valence-corrected chi connectivity index (χ3v) is 2.02. The molecule has 0 heterocycles. The van der Waals surface area contributed by atoms with Crippen LogP contribution in [0.4, 0.5) is 13.2 Å². The molecule has 0 saturated heterocycles. The fraction of sp³-hybridized carbons (Fsp3) is 0. The van der Waals surface area contributed by atoms with Gasteiger partial charge in [0.25, 0.3) is 0 Å². The van der Waals surface area contributed by atoms with Crippen molar-refractivity contribution in [3.8, 4) is 11.1 Å². The van der Waals surface area contributed by atoms with E-state index in [0.29, 0.717) is 11.1 Å². The summed E-state index contributed by atoms with van der Waals surface area (Å²) >= 11 is 0. The van der Waals surface area contributed by atoms with Crippen LogP contribution in [0.1, 0.15) is 0 Å². The Balaban J connectivity index is 0.00000128. The molecule has 0 unspecified atom stereocenters. The molecule has 0 atom stereocenters. The van der Waals surface area contributed by atoms with E-state index in [-0.39, 0.29) is 40.0 Å². The molecule has 0 aliphatic rings. The summed E-state index contributed by atoms with van der Waals surface area (Å²) in [7, 11) is 0. The Kier molecular flexibility index (Phi) is 6.82. The van der Waals surface area contributed by atoms with Gasteiger partial charge >= 0.3 is 23.1 Å². The van der Waals surface area contributed by atoms with E-state index in [2.05, 4.69) is 6.07 Å². The normalized spacial score (nSPS) is 9.12. The Hall–Kier alpha value is -0.524. The van der Waals surface area contributed by atoms with E-state index < -0.39 is 17.5 Å². The summed E-state index contributed by atoms with van der Waals surface area (Å²) < 4.78 is 38.5. The third-order valence-electron chi connectivity index (χ3n) is 2.02. The van der Waals surface area contributed by atoms with Crippen molar-refractivity contribution < 1.29 is 30.2 Å². The number of rotatable bonds is 1. The number of benzene rings is 2. The summed E-state index contributed by atoms with van der Waals surface area (Å²) in [6, 6.07) is 11.3. The zero-order valence-corrected chi connectivity index (χ0v) is 11.7. The maximum absolute atomic E-state index is 12.9. The van der Waals surface area contributed by atoms with E-state index in [4.69, 9.17) is 0 Å². The Morgan fingerprint density at radius 2 is 1.53 bits per heavy atom. The Morgan fingerprint density at radius 3 is 2.00 bits per heavy atom. The molecule has 2 aromatic rings. The van der Waals surface area contributed by atoms with Gasteiger partial charge in [0.2, 0.25) is 0 Å². The minimum absolute atomic E-state index is 0. The van der Waals surface area contributed by atoms with Crippen molar-refractivity contribution in [2.45, 2.75) is 0 Å². The van der Waals surface area contributed by atoms with Gasteiger partial charge < -0.3 is 17.0 Å². The van der Waals surface area contributed by atoms with E-state index >= 15 is 0 Å². The van der Waals surface area contributed by atoms with Gasteiger partial charge in [-0.25, -0.2) is 13.2 Å². The smallest absolute Gasteiger partial charge is 1.00 e. The average Bonchev–Trinajstić information content (AvgIpc) is 2.26. The third kappa shape index (κ3) is 3.72. The first-order valence-electron chi connectivity index (χ1n) is 4.29. The summed E-state index contributed by atoms with van der Waals surface area (Å²) in [5.41, 5.74) is 0.888. The van der Waals surface area contributed by atoms with Gasteiger partial charge in [-0.15, -0.1) is 5.56 Å². The van der Waals surface area contributed by atoms with E-state index in [0.717, 1.165) is 12.1 Å². The molecule has 0 amide bonds. The van der Waals surface area contributed by atoms with Crippen LogP contribution in [0.15, 0.2) is 36.4 Å². The van der Waals surface area contributed by atoms with Crippen LogP contribution >= 0.6 is 0 Å². The molecule has 0 aliphatic heterocycles. The van der Waals surface area contributed by atoms with Gasteiger partial charge in [-0.2, -0.15) is 30.3 Å². The number of halogens is 4. The first-order valence-corrected chi connectivity index (χ1v) is 4.29. The van der Waals surface area contributed by atoms with Crippen LogP contribution in [0.25, 0.3) is 11.1 Å². The fourth-order valence-corrected chi connectivity index (χ4v) is 1.30. The minimum Gasteiger partial charge on any atom is -1.00 e. The molecule has 17 heavy (non-hydrogen) atoms. The molecule has 5 heteroatoms. The minimum atomic E-state index is -1.45. The SMILES string of the molecule is Fc1cc(-c2c[c-]ccc2)cc(F)c1F.[Br-].[Mg+2]. The van der Waals surface area contributed by atoms with E-state index in [1.54, 1.807) is 24.3 Å². The molecule has 2 rings (SSSR count). The average molecular weight is 311 g/mol. The van der Waals surface area contributed by atoms with Crippen molar-refractivity contribution in [2.24, 2.45) is 0 Å². The van der Waals surface area contributed by atoms with Crippen LogP contribution in [0, 0.1) is 23.5 Å². The van der Waals surface area contributed by atoms with Crippen LogP contribution in [0.3, 0.4) is 0 Å². The van der Waals surface area contributed by atoms with E-state index in [1.807, 2.05) is 0 Å². The van der Waals surface area contributed by atoms with Gasteiger partial charge in [0, 0.05) is 0 Å². The van der Waals surface area contributed by atoms with E-state index in [1.165, 1.54) is 0 Å². The van der Waals surface area contributed by atoms with Gasteiger partial charge in [0.15, 0.2) is 17.5 Å². The molecule has 0 fully saturated rings. The van der Waals surface area contributed by atoms with Crippen molar-refractivity contribution in [3.05, 3.63) is 59.9 Å². The van der Waals surface area contributed by atoms with Crippen LogP contribution in [0.5, 0.6) is 0 Å². The van der Waals surface area contributed by atoms with Crippen LogP contribution in [0.2, 0.25) is 0 Å². The second kappa shape index (κ2) is 7.03. The van der Waals surface area contributed by atoms with Crippen LogP contribution in [-0.4, -0.2) is 23.1 Å². The summed E-state index contributed by atoms with van der Waals surface area (Å²) in [5.74, 6) is -3.82. The second-order valence-electron chi connectivity index (χ2n) is 3.05. The van der Waals surface area contributed by atoms with Gasteiger partial charge in [0.1, 0.15) is 0 Å². The molecular weight excluding hydrogens is 305 g/mol. The molecule has 0 nitrogen and oxygen atoms in total. The summed E-state index contributed by atoms with van der Waals surface area (Å²) in [4.78, 5) is 0. The van der Waals surface area contributed by atoms with Crippen molar-refractivity contribution in [3.63, 3.8) is 0 Å². The van der Waals surface area contributed by atoms with Gasteiger partial charge in [0.05, 0.1) is 0 Å². The molecule has 0 aliphatic carbocycles. The Labute approximate surface area is 124 Å². The predicted octanol–water partition coefficient (Wildman–Crippen LogP) is 0.194. The largest absolute Gasteiger partial charge is 2.00 e. The quantitative estimate of drug-likeness (QED) is 0.401. The number of hydrogen-bond donors (Lipinski definition) is 0. The Bertz CT molecular complexity index is 465. The molecule has 0 saturated carbocycles. The summed E-state index contributed by atoms with van der Waals surface area (Å²) in [6.07, 6.45) is 0. The zero-order valence-electron chi connectivity index (χ0n) is 8.68. The molecule has 0 spiro atoms. The topological polar surface area (TPSA) is 0 Å².